The van der Waals surface area contributed by atoms with E-state index in [1.54, 1.807) is 36.6 Å². The number of nitrogens with zero attached hydrogens (tertiary/aromatic N) is 5. The van der Waals surface area contributed by atoms with Crippen LogP contribution in [0.2, 0.25) is 0 Å². The molecule has 0 unspecified atom stereocenters. The summed E-state index contributed by atoms with van der Waals surface area (Å²) in [7, 11) is 1.63. The number of aryl methyl sites for hydroxylation is 2. The predicted octanol–water partition coefficient (Wildman–Crippen LogP) is 1.34. The molecule has 1 saturated heterocycles. The highest BCUT2D eigenvalue weighted by molar-refractivity contribution is 5.94. The van der Waals surface area contributed by atoms with Crippen molar-refractivity contribution in [2.24, 2.45) is 7.05 Å². The number of carbonyl (C=O) groups is 1. The largest absolute Gasteiger partial charge is 0.368 e. The fraction of sp³-hybridized carbons (Fsp3) is 0.286. The van der Waals surface area contributed by atoms with E-state index in [0.29, 0.717) is 25.3 Å². The highest BCUT2D eigenvalue weighted by Gasteiger charge is 2.27. The standard InChI is InChI=1S/C21H22N6O3/c1-13-7-15(16-9-23-21(22)24-10-16)8-17(25-13)18-12-27(5-6-30-18)20(29)14-3-4-19(28)26(2)11-14/h3-4,7-11,18H,5-6,12H2,1-2H3,(H2,22,23,24)/t18-/m0/s1. The first-order valence-electron chi connectivity index (χ1n) is 9.55. The molecule has 30 heavy (non-hydrogen) atoms. The summed E-state index contributed by atoms with van der Waals surface area (Å²) in [5.74, 6) is 0.0756. The minimum atomic E-state index is -0.358. The maximum Gasteiger partial charge on any atom is 0.255 e. The van der Waals surface area contributed by atoms with Gasteiger partial charge in [-0.3, -0.25) is 14.6 Å². The topological polar surface area (TPSA) is 116 Å². The average molecular weight is 406 g/mol. The minimum Gasteiger partial charge on any atom is -0.368 e. The number of aromatic nitrogens is 4. The Bertz CT molecular complexity index is 1140. The van der Waals surface area contributed by atoms with Gasteiger partial charge in [0.15, 0.2) is 0 Å². The van der Waals surface area contributed by atoms with Crippen molar-refractivity contribution >= 4 is 11.9 Å². The zero-order valence-corrected chi connectivity index (χ0v) is 16.8. The summed E-state index contributed by atoms with van der Waals surface area (Å²) in [6.07, 6.45) is 4.53. The number of rotatable bonds is 3. The van der Waals surface area contributed by atoms with Crippen LogP contribution in [0.15, 0.2) is 47.7 Å². The van der Waals surface area contributed by atoms with Gasteiger partial charge in [-0.15, -0.1) is 0 Å². The molecule has 1 atom stereocenters. The van der Waals surface area contributed by atoms with Crippen molar-refractivity contribution < 1.29 is 9.53 Å². The van der Waals surface area contributed by atoms with E-state index >= 15 is 0 Å². The normalized spacial score (nSPS) is 16.5. The number of ether oxygens (including phenoxy) is 1. The Morgan fingerprint density at radius 2 is 1.97 bits per heavy atom. The number of amides is 1. The molecule has 0 aromatic carbocycles. The lowest BCUT2D eigenvalue weighted by atomic mass is 10.1. The van der Waals surface area contributed by atoms with Gasteiger partial charge in [-0.2, -0.15) is 0 Å². The van der Waals surface area contributed by atoms with Crippen LogP contribution in [0.4, 0.5) is 5.95 Å². The molecule has 9 nitrogen and oxygen atoms in total. The molecule has 0 saturated carbocycles. The van der Waals surface area contributed by atoms with Crippen LogP contribution in [0, 0.1) is 6.92 Å². The van der Waals surface area contributed by atoms with Gasteiger partial charge in [0.25, 0.3) is 5.91 Å². The van der Waals surface area contributed by atoms with Gasteiger partial charge < -0.3 is 19.9 Å². The molecular formula is C21H22N6O3. The first-order valence-corrected chi connectivity index (χ1v) is 9.55. The smallest absolute Gasteiger partial charge is 0.255 e. The lowest BCUT2D eigenvalue weighted by Crippen LogP contribution is -2.42. The Morgan fingerprint density at radius 1 is 1.20 bits per heavy atom. The maximum absolute atomic E-state index is 12.9. The van der Waals surface area contributed by atoms with Crippen LogP contribution in [0.3, 0.4) is 0 Å². The molecule has 0 bridgehead atoms. The van der Waals surface area contributed by atoms with Crippen molar-refractivity contribution in [2.75, 3.05) is 25.4 Å². The minimum absolute atomic E-state index is 0.140. The van der Waals surface area contributed by atoms with Crippen molar-refractivity contribution in [1.82, 2.24) is 24.4 Å². The highest BCUT2D eigenvalue weighted by Crippen LogP contribution is 2.27. The molecule has 1 aliphatic heterocycles. The molecule has 1 aliphatic rings. The second kappa shape index (κ2) is 8.03. The van der Waals surface area contributed by atoms with Crippen molar-refractivity contribution in [3.63, 3.8) is 0 Å². The molecule has 4 heterocycles. The Labute approximate surface area is 173 Å². The van der Waals surface area contributed by atoms with E-state index in [4.69, 9.17) is 10.5 Å². The number of carbonyl (C=O) groups excluding carboxylic acids is 1. The van der Waals surface area contributed by atoms with Gasteiger partial charge in [-0.05, 0) is 30.7 Å². The number of nitrogens with two attached hydrogens (primary N) is 1. The Morgan fingerprint density at radius 3 is 2.70 bits per heavy atom. The van der Waals surface area contributed by atoms with E-state index in [1.807, 2.05) is 19.1 Å². The van der Waals surface area contributed by atoms with Crippen molar-refractivity contribution in [2.45, 2.75) is 13.0 Å². The van der Waals surface area contributed by atoms with E-state index in [-0.39, 0.29) is 23.5 Å². The van der Waals surface area contributed by atoms with E-state index in [1.165, 1.54) is 10.6 Å². The monoisotopic (exact) mass is 406 g/mol. The van der Waals surface area contributed by atoms with Crippen LogP contribution in [0.5, 0.6) is 0 Å². The second-order valence-electron chi connectivity index (χ2n) is 7.23. The van der Waals surface area contributed by atoms with E-state index in [0.717, 1.165) is 22.5 Å². The highest BCUT2D eigenvalue weighted by atomic mass is 16.5. The van der Waals surface area contributed by atoms with Crippen LogP contribution in [-0.4, -0.2) is 50.0 Å². The molecule has 0 aliphatic carbocycles. The van der Waals surface area contributed by atoms with Gasteiger partial charge in [0.1, 0.15) is 6.10 Å². The van der Waals surface area contributed by atoms with E-state index < -0.39 is 0 Å². The second-order valence-corrected chi connectivity index (χ2v) is 7.23. The molecule has 2 N–H and O–H groups in total. The first-order chi connectivity index (χ1) is 14.4. The fourth-order valence-corrected chi connectivity index (χ4v) is 3.43. The summed E-state index contributed by atoms with van der Waals surface area (Å²) in [6, 6.07) is 6.81. The number of hydrogen-bond donors (Lipinski definition) is 1. The van der Waals surface area contributed by atoms with Crippen LogP contribution < -0.4 is 11.3 Å². The number of pyridine rings is 2. The van der Waals surface area contributed by atoms with Crippen molar-refractivity contribution in [3.05, 3.63) is 70.2 Å². The van der Waals surface area contributed by atoms with E-state index in [2.05, 4.69) is 15.0 Å². The molecular weight excluding hydrogens is 384 g/mol. The molecule has 4 rings (SSSR count). The number of nitrogen functional groups attached to an aromatic ring is 1. The molecule has 9 heteroatoms. The molecule has 3 aromatic heterocycles. The maximum atomic E-state index is 12.9. The van der Waals surface area contributed by atoms with Gasteiger partial charge in [0.05, 0.1) is 24.4 Å². The van der Waals surface area contributed by atoms with Gasteiger partial charge in [-0.1, -0.05) is 0 Å². The van der Waals surface area contributed by atoms with Crippen molar-refractivity contribution in [3.8, 4) is 11.1 Å². The number of anilines is 1. The molecule has 3 aromatic rings. The van der Waals surface area contributed by atoms with Gasteiger partial charge in [0, 0.05) is 49.5 Å². The number of morpholine rings is 1. The summed E-state index contributed by atoms with van der Waals surface area (Å²) in [4.78, 5) is 39.0. The fourth-order valence-electron chi connectivity index (χ4n) is 3.43. The molecule has 1 amide bonds. The Kier molecular flexibility index (Phi) is 5.28. The quantitative estimate of drug-likeness (QED) is 0.698. The van der Waals surface area contributed by atoms with Crippen LogP contribution in [-0.2, 0) is 11.8 Å². The zero-order chi connectivity index (χ0) is 21.3. The third kappa shape index (κ3) is 4.06. The third-order valence-electron chi connectivity index (χ3n) is 4.99. The predicted molar refractivity (Wildman–Crippen MR) is 111 cm³/mol. The average Bonchev–Trinajstić information content (AvgIpc) is 2.75. The number of hydrogen-bond acceptors (Lipinski definition) is 7. The Hall–Kier alpha value is -3.59. The van der Waals surface area contributed by atoms with Crippen molar-refractivity contribution in [1.29, 1.82) is 0 Å². The Balaban J connectivity index is 1.58. The van der Waals surface area contributed by atoms with Gasteiger partial charge >= 0.3 is 0 Å². The lowest BCUT2D eigenvalue weighted by molar-refractivity contribution is -0.0247. The SMILES string of the molecule is Cc1cc(-c2cnc(N)nc2)cc([C@@H]2CN(C(=O)c3ccc(=O)n(C)c3)CCO2)n1. The summed E-state index contributed by atoms with van der Waals surface area (Å²) < 4.78 is 7.32. The summed E-state index contributed by atoms with van der Waals surface area (Å²) >= 11 is 0. The van der Waals surface area contributed by atoms with E-state index in [9.17, 15) is 9.59 Å². The van der Waals surface area contributed by atoms with Gasteiger partial charge in [-0.25, -0.2) is 9.97 Å². The lowest BCUT2D eigenvalue weighted by Gasteiger charge is -2.33. The zero-order valence-electron chi connectivity index (χ0n) is 16.8. The molecule has 154 valence electrons. The summed E-state index contributed by atoms with van der Waals surface area (Å²) in [5, 5.41) is 0. The molecule has 0 radical (unpaired) electrons. The molecule has 0 spiro atoms. The van der Waals surface area contributed by atoms with Crippen LogP contribution in [0.25, 0.3) is 11.1 Å². The first kappa shape index (κ1) is 19.7. The van der Waals surface area contributed by atoms with Crippen LogP contribution in [0.1, 0.15) is 27.8 Å². The third-order valence-corrected chi connectivity index (χ3v) is 4.99. The summed E-state index contributed by atoms with van der Waals surface area (Å²) in [6.45, 7) is 3.15. The van der Waals surface area contributed by atoms with Gasteiger partial charge in [0.2, 0.25) is 11.5 Å². The summed E-state index contributed by atoms with van der Waals surface area (Å²) in [5.41, 5.74) is 9.18. The van der Waals surface area contributed by atoms with Crippen LogP contribution >= 0.6 is 0 Å². The molecule has 1 fully saturated rings.